The molecule has 0 radical (unpaired) electrons. The standard InChI is InChI=1S/C16H13BrClFO2/c1-10-8-12(17)9-14(18)16(10)21-7-6-15(20)11-2-4-13(19)5-3-11/h2-5,8-9H,6-7H2,1H3. The smallest absolute Gasteiger partial charge is 0.166 e. The first kappa shape index (κ1) is 16.0. The zero-order chi connectivity index (χ0) is 15.4. The first-order valence-corrected chi connectivity index (χ1v) is 7.51. The third kappa shape index (κ3) is 4.29. The van der Waals surface area contributed by atoms with Crippen molar-refractivity contribution in [2.24, 2.45) is 0 Å². The Balaban J connectivity index is 1.95. The van der Waals surface area contributed by atoms with Crippen molar-refractivity contribution in [2.75, 3.05) is 6.61 Å². The topological polar surface area (TPSA) is 26.3 Å². The van der Waals surface area contributed by atoms with E-state index in [1.807, 2.05) is 13.0 Å². The number of ether oxygens (including phenoxy) is 1. The molecule has 2 rings (SSSR count). The number of hydrogen-bond donors (Lipinski definition) is 0. The Morgan fingerprint density at radius 2 is 1.95 bits per heavy atom. The van der Waals surface area contributed by atoms with Gasteiger partial charge in [0.05, 0.1) is 11.6 Å². The first-order valence-electron chi connectivity index (χ1n) is 6.34. The molecule has 21 heavy (non-hydrogen) atoms. The van der Waals surface area contributed by atoms with Crippen molar-refractivity contribution in [3.63, 3.8) is 0 Å². The summed E-state index contributed by atoms with van der Waals surface area (Å²) in [5.74, 6) is 0.118. The van der Waals surface area contributed by atoms with Crippen LogP contribution in [-0.2, 0) is 0 Å². The van der Waals surface area contributed by atoms with Crippen LogP contribution in [0.3, 0.4) is 0 Å². The van der Waals surface area contributed by atoms with Crippen LogP contribution in [0.25, 0.3) is 0 Å². The van der Waals surface area contributed by atoms with Gasteiger partial charge in [-0.2, -0.15) is 0 Å². The predicted octanol–water partition coefficient (Wildman–Crippen LogP) is 5.20. The van der Waals surface area contributed by atoms with Crippen LogP contribution in [0.4, 0.5) is 4.39 Å². The monoisotopic (exact) mass is 370 g/mol. The molecular formula is C16H13BrClFO2. The molecule has 0 atom stereocenters. The molecule has 5 heteroatoms. The van der Waals surface area contributed by atoms with Crippen molar-refractivity contribution < 1.29 is 13.9 Å². The van der Waals surface area contributed by atoms with Crippen LogP contribution in [0.15, 0.2) is 40.9 Å². The van der Waals surface area contributed by atoms with Gasteiger partial charge in [0.1, 0.15) is 11.6 Å². The third-order valence-electron chi connectivity index (χ3n) is 2.94. The van der Waals surface area contributed by atoms with Gasteiger partial charge < -0.3 is 4.74 Å². The Labute approximate surface area is 136 Å². The lowest BCUT2D eigenvalue weighted by Crippen LogP contribution is -2.07. The SMILES string of the molecule is Cc1cc(Br)cc(Cl)c1OCCC(=O)c1ccc(F)cc1. The molecule has 110 valence electrons. The van der Waals surface area contributed by atoms with Crippen LogP contribution < -0.4 is 4.74 Å². The molecule has 0 amide bonds. The van der Waals surface area contributed by atoms with Gasteiger partial charge in [0, 0.05) is 16.5 Å². The highest BCUT2D eigenvalue weighted by atomic mass is 79.9. The summed E-state index contributed by atoms with van der Waals surface area (Å²) in [6.07, 6.45) is 0.206. The largest absolute Gasteiger partial charge is 0.491 e. The van der Waals surface area contributed by atoms with Crippen molar-refractivity contribution in [2.45, 2.75) is 13.3 Å². The van der Waals surface area contributed by atoms with Gasteiger partial charge >= 0.3 is 0 Å². The van der Waals surface area contributed by atoms with E-state index in [4.69, 9.17) is 16.3 Å². The van der Waals surface area contributed by atoms with E-state index in [0.29, 0.717) is 16.3 Å². The molecule has 0 aliphatic heterocycles. The van der Waals surface area contributed by atoms with E-state index in [-0.39, 0.29) is 24.6 Å². The van der Waals surface area contributed by atoms with E-state index in [0.717, 1.165) is 10.0 Å². The summed E-state index contributed by atoms with van der Waals surface area (Å²) in [5, 5.41) is 0.496. The Kier molecular flexibility index (Phi) is 5.37. The van der Waals surface area contributed by atoms with Crippen LogP contribution in [0, 0.1) is 12.7 Å². The maximum absolute atomic E-state index is 12.8. The highest BCUT2D eigenvalue weighted by Gasteiger charge is 2.10. The summed E-state index contributed by atoms with van der Waals surface area (Å²) < 4.78 is 19.3. The highest BCUT2D eigenvalue weighted by molar-refractivity contribution is 9.10. The highest BCUT2D eigenvalue weighted by Crippen LogP contribution is 2.32. The fraction of sp³-hybridized carbons (Fsp3) is 0.188. The lowest BCUT2D eigenvalue weighted by Gasteiger charge is -2.11. The number of ketones is 1. The van der Waals surface area contributed by atoms with Crippen LogP contribution in [-0.4, -0.2) is 12.4 Å². The van der Waals surface area contributed by atoms with Crippen LogP contribution >= 0.6 is 27.5 Å². The number of benzene rings is 2. The fourth-order valence-electron chi connectivity index (χ4n) is 1.90. The average molecular weight is 372 g/mol. The van der Waals surface area contributed by atoms with Gasteiger partial charge in [-0.1, -0.05) is 27.5 Å². The van der Waals surface area contributed by atoms with Crippen molar-refractivity contribution in [1.29, 1.82) is 0 Å². The minimum Gasteiger partial charge on any atom is -0.491 e. The summed E-state index contributed by atoms with van der Waals surface area (Å²) in [6, 6.07) is 9.10. The molecular weight excluding hydrogens is 359 g/mol. The van der Waals surface area contributed by atoms with Crippen molar-refractivity contribution >= 4 is 33.3 Å². The molecule has 0 unspecified atom stereocenters. The molecule has 0 fully saturated rings. The number of hydrogen-bond acceptors (Lipinski definition) is 2. The Morgan fingerprint density at radius 3 is 2.57 bits per heavy atom. The van der Waals surface area contributed by atoms with E-state index >= 15 is 0 Å². The lowest BCUT2D eigenvalue weighted by atomic mass is 10.1. The summed E-state index contributed by atoms with van der Waals surface area (Å²) in [7, 11) is 0. The lowest BCUT2D eigenvalue weighted by molar-refractivity contribution is 0.0962. The van der Waals surface area contributed by atoms with E-state index < -0.39 is 0 Å². The first-order chi connectivity index (χ1) is 9.97. The number of carbonyl (C=O) groups excluding carboxylic acids is 1. The van der Waals surface area contributed by atoms with Gasteiger partial charge in [-0.3, -0.25) is 4.79 Å². The molecule has 0 spiro atoms. The second-order valence-corrected chi connectivity index (χ2v) is 5.89. The molecule has 0 saturated heterocycles. The van der Waals surface area contributed by atoms with Gasteiger partial charge in [0.2, 0.25) is 0 Å². The minimum absolute atomic E-state index is 0.0964. The summed E-state index contributed by atoms with van der Waals surface area (Å²) in [6.45, 7) is 2.10. The second kappa shape index (κ2) is 7.05. The third-order valence-corrected chi connectivity index (χ3v) is 3.67. The molecule has 0 aliphatic carbocycles. The molecule has 0 aliphatic rings. The molecule has 0 bridgehead atoms. The molecule has 0 saturated carbocycles. The van der Waals surface area contributed by atoms with Gasteiger partial charge in [0.25, 0.3) is 0 Å². The zero-order valence-electron chi connectivity index (χ0n) is 11.3. The maximum Gasteiger partial charge on any atom is 0.166 e. The van der Waals surface area contributed by atoms with Crippen molar-refractivity contribution in [3.8, 4) is 5.75 Å². The number of aryl methyl sites for hydroxylation is 1. The normalized spacial score (nSPS) is 10.5. The summed E-state index contributed by atoms with van der Waals surface area (Å²) in [5.41, 5.74) is 1.36. The van der Waals surface area contributed by atoms with Gasteiger partial charge in [0.15, 0.2) is 5.78 Å². The van der Waals surface area contributed by atoms with Crippen LogP contribution in [0.1, 0.15) is 22.3 Å². The van der Waals surface area contributed by atoms with Crippen molar-refractivity contribution in [3.05, 3.63) is 62.8 Å². The Hall–Kier alpha value is -1.39. The molecule has 0 heterocycles. The summed E-state index contributed by atoms with van der Waals surface area (Å²) >= 11 is 9.45. The predicted molar refractivity (Wildman–Crippen MR) is 84.7 cm³/mol. The molecule has 2 nitrogen and oxygen atoms in total. The Bertz CT molecular complexity index is 633. The van der Waals surface area contributed by atoms with Crippen molar-refractivity contribution in [1.82, 2.24) is 0 Å². The number of carbonyl (C=O) groups is 1. The zero-order valence-corrected chi connectivity index (χ0v) is 13.7. The van der Waals surface area contributed by atoms with Crippen LogP contribution in [0.5, 0.6) is 5.75 Å². The number of halogens is 3. The minimum atomic E-state index is -0.361. The maximum atomic E-state index is 12.8. The van der Waals surface area contributed by atoms with E-state index in [1.165, 1.54) is 24.3 Å². The Morgan fingerprint density at radius 1 is 1.29 bits per heavy atom. The average Bonchev–Trinajstić information content (AvgIpc) is 2.42. The molecule has 2 aromatic carbocycles. The van der Waals surface area contributed by atoms with Crippen LogP contribution in [0.2, 0.25) is 5.02 Å². The number of rotatable bonds is 5. The van der Waals surface area contributed by atoms with Gasteiger partial charge in [-0.15, -0.1) is 0 Å². The second-order valence-electron chi connectivity index (χ2n) is 4.56. The fourth-order valence-corrected chi connectivity index (χ4v) is 2.92. The number of Topliss-reactive ketones (excluding diaryl/α,β-unsaturated/α-hetero) is 1. The van der Waals surface area contributed by atoms with E-state index in [9.17, 15) is 9.18 Å². The molecule has 0 N–H and O–H groups in total. The summed E-state index contributed by atoms with van der Waals surface area (Å²) in [4.78, 5) is 11.9. The molecule has 0 aromatic heterocycles. The van der Waals surface area contributed by atoms with E-state index in [1.54, 1.807) is 6.07 Å². The van der Waals surface area contributed by atoms with Gasteiger partial charge in [-0.25, -0.2) is 4.39 Å². The van der Waals surface area contributed by atoms with Gasteiger partial charge in [-0.05, 0) is 48.9 Å². The molecule has 2 aromatic rings. The quantitative estimate of drug-likeness (QED) is 0.675. The van der Waals surface area contributed by atoms with E-state index in [2.05, 4.69) is 15.9 Å².